The standard InChI is InChI=1S/C19H34N2O3/c1-15-5-6-17(20(15)4)7-11-21(19(2,3)10-12-22)18(23)16-8-13-24-14-9-16/h12,15-17H,5-11,13-14H2,1-4H3/t15-,17-/m1/s1. The zero-order chi connectivity index (χ0) is 17.7. The Morgan fingerprint density at radius 3 is 2.46 bits per heavy atom. The zero-order valence-corrected chi connectivity index (χ0v) is 15.8. The van der Waals surface area contributed by atoms with Crippen molar-refractivity contribution in [2.24, 2.45) is 5.92 Å². The molecule has 5 heteroatoms. The largest absolute Gasteiger partial charge is 0.381 e. The van der Waals surface area contributed by atoms with Gasteiger partial charge in [0.05, 0.1) is 0 Å². The van der Waals surface area contributed by atoms with Gasteiger partial charge in [-0.05, 0) is 59.9 Å². The average molecular weight is 338 g/mol. The lowest BCUT2D eigenvalue weighted by atomic mass is 9.92. The molecule has 0 N–H and O–H groups in total. The molecule has 0 bridgehead atoms. The van der Waals surface area contributed by atoms with Crippen LogP contribution in [-0.2, 0) is 14.3 Å². The first-order valence-corrected chi connectivity index (χ1v) is 9.41. The lowest BCUT2D eigenvalue weighted by Gasteiger charge is -2.41. The van der Waals surface area contributed by atoms with Gasteiger partial charge in [0, 0.05) is 49.7 Å². The minimum absolute atomic E-state index is 0.0462. The quantitative estimate of drug-likeness (QED) is 0.669. The summed E-state index contributed by atoms with van der Waals surface area (Å²) >= 11 is 0. The number of ether oxygens (including phenoxy) is 1. The first-order chi connectivity index (χ1) is 11.4. The number of likely N-dealkylation sites (tertiary alicyclic amines) is 1. The molecule has 0 aromatic carbocycles. The van der Waals surface area contributed by atoms with Crippen molar-refractivity contribution in [1.82, 2.24) is 9.80 Å². The third-order valence-electron chi connectivity index (χ3n) is 6.02. The van der Waals surface area contributed by atoms with E-state index in [0.29, 0.717) is 31.7 Å². The van der Waals surface area contributed by atoms with Crippen LogP contribution < -0.4 is 0 Å². The molecule has 0 aliphatic carbocycles. The number of nitrogens with zero attached hydrogens (tertiary/aromatic N) is 2. The van der Waals surface area contributed by atoms with Crippen LogP contribution in [0.1, 0.15) is 59.3 Å². The summed E-state index contributed by atoms with van der Waals surface area (Å²) in [7, 11) is 2.18. The second-order valence-electron chi connectivity index (χ2n) is 8.09. The van der Waals surface area contributed by atoms with E-state index in [0.717, 1.165) is 32.1 Å². The molecule has 1 amide bonds. The van der Waals surface area contributed by atoms with Crippen molar-refractivity contribution in [2.75, 3.05) is 26.8 Å². The molecule has 2 rings (SSSR count). The first kappa shape index (κ1) is 19.4. The number of rotatable bonds is 7. The fraction of sp³-hybridized carbons (Fsp3) is 0.895. The van der Waals surface area contributed by atoms with Crippen molar-refractivity contribution >= 4 is 12.2 Å². The zero-order valence-electron chi connectivity index (χ0n) is 15.8. The van der Waals surface area contributed by atoms with Crippen molar-refractivity contribution in [3.8, 4) is 0 Å². The minimum Gasteiger partial charge on any atom is -0.381 e. The van der Waals surface area contributed by atoms with E-state index in [9.17, 15) is 9.59 Å². The second-order valence-corrected chi connectivity index (χ2v) is 8.09. The Bertz CT molecular complexity index is 432. The van der Waals surface area contributed by atoms with Crippen molar-refractivity contribution in [3.05, 3.63) is 0 Å². The van der Waals surface area contributed by atoms with Crippen LogP contribution >= 0.6 is 0 Å². The highest BCUT2D eigenvalue weighted by Crippen LogP contribution is 2.28. The van der Waals surface area contributed by atoms with Gasteiger partial charge in [0.25, 0.3) is 0 Å². The first-order valence-electron chi connectivity index (χ1n) is 9.41. The summed E-state index contributed by atoms with van der Waals surface area (Å²) in [6.45, 7) is 8.36. The molecule has 2 atom stereocenters. The summed E-state index contributed by atoms with van der Waals surface area (Å²) < 4.78 is 5.40. The molecule has 2 saturated heterocycles. The Balaban J connectivity index is 2.04. The number of carbonyl (C=O) groups is 2. The average Bonchev–Trinajstić information content (AvgIpc) is 2.87. The van der Waals surface area contributed by atoms with E-state index < -0.39 is 5.54 Å². The molecule has 2 aliphatic rings. The van der Waals surface area contributed by atoms with Crippen LogP contribution in [0.2, 0.25) is 0 Å². The minimum atomic E-state index is -0.417. The summed E-state index contributed by atoms with van der Waals surface area (Å²) in [5.74, 6) is 0.253. The van der Waals surface area contributed by atoms with E-state index in [1.54, 1.807) is 0 Å². The van der Waals surface area contributed by atoms with Crippen LogP contribution in [0.3, 0.4) is 0 Å². The summed E-state index contributed by atoms with van der Waals surface area (Å²) in [5.41, 5.74) is -0.417. The van der Waals surface area contributed by atoms with Gasteiger partial charge in [-0.15, -0.1) is 0 Å². The SMILES string of the molecule is C[C@@H]1CC[C@H](CCN(C(=O)C2CCOCC2)C(C)(C)CC=O)N1C. The Morgan fingerprint density at radius 1 is 1.25 bits per heavy atom. The molecule has 0 saturated carbocycles. The second kappa shape index (κ2) is 8.43. The van der Waals surface area contributed by atoms with Crippen molar-refractivity contribution < 1.29 is 14.3 Å². The van der Waals surface area contributed by atoms with E-state index in [1.807, 2.05) is 18.7 Å². The molecule has 5 nitrogen and oxygen atoms in total. The van der Waals surface area contributed by atoms with Gasteiger partial charge in [-0.2, -0.15) is 0 Å². The van der Waals surface area contributed by atoms with Crippen molar-refractivity contribution in [3.63, 3.8) is 0 Å². The molecule has 2 fully saturated rings. The van der Waals surface area contributed by atoms with Gasteiger partial charge < -0.3 is 19.3 Å². The molecule has 0 unspecified atom stereocenters. The number of hydrogen-bond acceptors (Lipinski definition) is 4. The van der Waals surface area contributed by atoms with Gasteiger partial charge in [0.1, 0.15) is 6.29 Å². The Labute approximate surface area is 146 Å². The fourth-order valence-electron chi connectivity index (χ4n) is 4.02. The number of amides is 1. The van der Waals surface area contributed by atoms with Crippen LogP contribution in [0.25, 0.3) is 0 Å². The predicted octanol–water partition coefficient (Wildman–Crippen LogP) is 2.48. The Morgan fingerprint density at radius 2 is 1.92 bits per heavy atom. The normalized spacial score (nSPS) is 26.5. The summed E-state index contributed by atoms with van der Waals surface area (Å²) in [4.78, 5) is 28.6. The molecule has 138 valence electrons. The van der Waals surface area contributed by atoms with Crippen LogP contribution in [0.15, 0.2) is 0 Å². The van der Waals surface area contributed by atoms with Gasteiger partial charge in [-0.25, -0.2) is 0 Å². The third-order valence-corrected chi connectivity index (χ3v) is 6.02. The van der Waals surface area contributed by atoms with E-state index >= 15 is 0 Å². The van der Waals surface area contributed by atoms with Crippen molar-refractivity contribution in [1.29, 1.82) is 0 Å². The molecular formula is C19H34N2O3. The van der Waals surface area contributed by atoms with E-state index in [-0.39, 0.29) is 11.8 Å². The number of carbonyl (C=O) groups excluding carboxylic acids is 2. The highest BCUT2D eigenvalue weighted by molar-refractivity contribution is 5.80. The number of hydrogen-bond donors (Lipinski definition) is 0. The van der Waals surface area contributed by atoms with Crippen LogP contribution in [-0.4, -0.2) is 66.4 Å². The topological polar surface area (TPSA) is 49.9 Å². The van der Waals surface area contributed by atoms with Gasteiger partial charge in [-0.3, -0.25) is 4.79 Å². The highest BCUT2D eigenvalue weighted by Gasteiger charge is 2.36. The van der Waals surface area contributed by atoms with Gasteiger partial charge in [0.15, 0.2) is 0 Å². The lowest BCUT2D eigenvalue weighted by molar-refractivity contribution is -0.144. The molecule has 0 spiro atoms. The van der Waals surface area contributed by atoms with Crippen LogP contribution in [0.4, 0.5) is 0 Å². The van der Waals surface area contributed by atoms with Crippen molar-refractivity contribution in [2.45, 2.75) is 76.9 Å². The maximum atomic E-state index is 13.1. The van der Waals surface area contributed by atoms with E-state index in [1.165, 1.54) is 12.8 Å². The maximum absolute atomic E-state index is 13.1. The number of aldehydes is 1. The van der Waals surface area contributed by atoms with Crippen LogP contribution in [0.5, 0.6) is 0 Å². The van der Waals surface area contributed by atoms with Gasteiger partial charge >= 0.3 is 0 Å². The Hall–Kier alpha value is -0.940. The maximum Gasteiger partial charge on any atom is 0.226 e. The highest BCUT2D eigenvalue weighted by atomic mass is 16.5. The molecule has 2 aliphatic heterocycles. The Kier molecular flexibility index (Phi) is 6.81. The van der Waals surface area contributed by atoms with Gasteiger partial charge in [0.2, 0.25) is 5.91 Å². The van der Waals surface area contributed by atoms with E-state index in [4.69, 9.17) is 4.74 Å². The predicted molar refractivity (Wildman–Crippen MR) is 94.9 cm³/mol. The monoisotopic (exact) mass is 338 g/mol. The van der Waals surface area contributed by atoms with Gasteiger partial charge in [-0.1, -0.05) is 0 Å². The van der Waals surface area contributed by atoms with Crippen LogP contribution in [0, 0.1) is 5.92 Å². The molecule has 0 radical (unpaired) electrons. The molecular weight excluding hydrogens is 304 g/mol. The van der Waals surface area contributed by atoms with E-state index in [2.05, 4.69) is 18.9 Å². The molecule has 0 aromatic heterocycles. The third kappa shape index (κ3) is 4.57. The molecule has 0 aromatic rings. The lowest BCUT2D eigenvalue weighted by Crippen LogP contribution is -2.52. The fourth-order valence-corrected chi connectivity index (χ4v) is 4.02. The molecule has 2 heterocycles. The molecule has 24 heavy (non-hydrogen) atoms. The summed E-state index contributed by atoms with van der Waals surface area (Å²) in [5, 5.41) is 0. The summed E-state index contributed by atoms with van der Waals surface area (Å²) in [6, 6.07) is 1.16. The summed E-state index contributed by atoms with van der Waals surface area (Å²) in [6.07, 6.45) is 6.34. The smallest absolute Gasteiger partial charge is 0.226 e.